The lowest BCUT2D eigenvalue weighted by Gasteiger charge is -2.40. The van der Waals surface area contributed by atoms with Crippen LogP contribution in [0.15, 0.2) is 0 Å². The van der Waals surface area contributed by atoms with Crippen LogP contribution in [0.3, 0.4) is 0 Å². The highest BCUT2D eigenvalue weighted by Crippen LogP contribution is 2.40. The van der Waals surface area contributed by atoms with Crippen LogP contribution in [-0.4, -0.2) is 56.2 Å². The highest BCUT2D eigenvalue weighted by molar-refractivity contribution is 5.00. The van der Waals surface area contributed by atoms with Gasteiger partial charge in [-0.15, -0.1) is 0 Å². The molecule has 0 aromatic rings. The molecule has 3 heterocycles. The summed E-state index contributed by atoms with van der Waals surface area (Å²) in [5.41, 5.74) is 0. The molecule has 0 bridgehead atoms. The van der Waals surface area contributed by atoms with Gasteiger partial charge in [-0.3, -0.25) is 4.90 Å². The van der Waals surface area contributed by atoms with Crippen molar-refractivity contribution in [2.24, 2.45) is 5.92 Å². The largest absolute Gasteiger partial charge is 0.378 e. The molecule has 4 nitrogen and oxygen atoms in total. The Morgan fingerprint density at radius 2 is 2.06 bits per heavy atom. The highest BCUT2D eigenvalue weighted by atomic mass is 16.7. The van der Waals surface area contributed by atoms with Gasteiger partial charge in [0.25, 0.3) is 0 Å². The van der Waals surface area contributed by atoms with Gasteiger partial charge in [0, 0.05) is 32.2 Å². The molecule has 3 aliphatic heterocycles. The summed E-state index contributed by atoms with van der Waals surface area (Å²) in [6, 6.07) is 1.13. The second-order valence-electron chi connectivity index (χ2n) is 5.11. The molecule has 0 aromatic carbocycles. The fourth-order valence-corrected chi connectivity index (χ4v) is 3.66. The third-order valence-corrected chi connectivity index (χ3v) is 4.44. The molecular formula is C12H21NO3. The first kappa shape index (κ1) is 11.0. The Morgan fingerprint density at radius 3 is 2.88 bits per heavy atom. The van der Waals surface area contributed by atoms with E-state index in [-0.39, 0.29) is 6.29 Å². The Kier molecular flexibility index (Phi) is 2.92. The van der Waals surface area contributed by atoms with E-state index in [0.29, 0.717) is 24.1 Å². The SMILES string of the molecule is COC1OCCN2C1CC1C(C)OCCC12. The van der Waals surface area contributed by atoms with Crippen LogP contribution in [0.5, 0.6) is 0 Å². The normalized spacial score (nSPS) is 48.8. The summed E-state index contributed by atoms with van der Waals surface area (Å²) in [6.45, 7) is 4.97. The number of ether oxygens (including phenoxy) is 3. The Labute approximate surface area is 96.8 Å². The summed E-state index contributed by atoms with van der Waals surface area (Å²) >= 11 is 0. The second-order valence-corrected chi connectivity index (χ2v) is 5.11. The molecule has 3 aliphatic rings. The van der Waals surface area contributed by atoms with Crippen molar-refractivity contribution in [2.75, 3.05) is 26.9 Å². The van der Waals surface area contributed by atoms with Crippen molar-refractivity contribution in [1.29, 1.82) is 0 Å². The molecule has 0 N–H and O–H groups in total. The van der Waals surface area contributed by atoms with Crippen molar-refractivity contribution < 1.29 is 14.2 Å². The Morgan fingerprint density at radius 1 is 1.19 bits per heavy atom. The average Bonchev–Trinajstić information content (AvgIpc) is 2.69. The number of morpholine rings is 1. The molecule has 0 aromatic heterocycles. The first-order chi connectivity index (χ1) is 7.81. The van der Waals surface area contributed by atoms with Crippen molar-refractivity contribution in [3.63, 3.8) is 0 Å². The number of hydrogen-bond donors (Lipinski definition) is 0. The molecule has 0 amide bonds. The summed E-state index contributed by atoms with van der Waals surface area (Å²) < 4.78 is 16.9. The van der Waals surface area contributed by atoms with Gasteiger partial charge >= 0.3 is 0 Å². The van der Waals surface area contributed by atoms with E-state index in [1.807, 2.05) is 0 Å². The lowest BCUT2D eigenvalue weighted by atomic mass is 9.90. The summed E-state index contributed by atoms with van der Waals surface area (Å²) in [5.74, 6) is 0.665. The molecule has 4 heteroatoms. The Bertz CT molecular complexity index is 261. The maximum atomic E-state index is 5.76. The Hall–Kier alpha value is -0.160. The number of hydrogen-bond acceptors (Lipinski definition) is 4. The van der Waals surface area contributed by atoms with Crippen LogP contribution in [0.1, 0.15) is 19.8 Å². The van der Waals surface area contributed by atoms with Gasteiger partial charge in [0.15, 0.2) is 6.29 Å². The highest BCUT2D eigenvalue weighted by Gasteiger charge is 2.49. The third kappa shape index (κ3) is 1.59. The average molecular weight is 227 g/mol. The van der Waals surface area contributed by atoms with Crippen molar-refractivity contribution in [3.8, 4) is 0 Å². The van der Waals surface area contributed by atoms with Gasteiger partial charge in [0.05, 0.1) is 18.8 Å². The molecule has 0 saturated carbocycles. The molecule has 3 rings (SSSR count). The lowest BCUT2D eigenvalue weighted by Crippen LogP contribution is -2.52. The molecule has 5 atom stereocenters. The van der Waals surface area contributed by atoms with Crippen LogP contribution in [-0.2, 0) is 14.2 Å². The predicted octanol–water partition coefficient (Wildman–Crippen LogP) is 0.857. The minimum atomic E-state index is -0.0356. The first-order valence-electron chi connectivity index (χ1n) is 6.33. The minimum absolute atomic E-state index is 0.0356. The van der Waals surface area contributed by atoms with Crippen LogP contribution in [0.4, 0.5) is 0 Å². The minimum Gasteiger partial charge on any atom is -0.378 e. The zero-order valence-corrected chi connectivity index (χ0v) is 10.1. The molecule has 16 heavy (non-hydrogen) atoms. The maximum absolute atomic E-state index is 5.76. The van der Waals surface area contributed by atoms with Crippen molar-refractivity contribution in [3.05, 3.63) is 0 Å². The van der Waals surface area contributed by atoms with Crippen molar-refractivity contribution in [1.82, 2.24) is 4.90 Å². The second kappa shape index (κ2) is 4.26. The van der Waals surface area contributed by atoms with Gasteiger partial charge in [-0.25, -0.2) is 0 Å². The van der Waals surface area contributed by atoms with E-state index in [4.69, 9.17) is 14.2 Å². The lowest BCUT2D eigenvalue weighted by molar-refractivity contribution is -0.192. The number of methoxy groups -OCH3 is 1. The Balaban J connectivity index is 1.79. The molecule has 0 spiro atoms. The topological polar surface area (TPSA) is 30.9 Å². The number of nitrogens with zero attached hydrogens (tertiary/aromatic N) is 1. The quantitative estimate of drug-likeness (QED) is 0.665. The summed E-state index contributed by atoms with van der Waals surface area (Å²) in [6.07, 6.45) is 2.68. The van der Waals surface area contributed by atoms with Gasteiger partial charge < -0.3 is 14.2 Å². The maximum Gasteiger partial charge on any atom is 0.172 e. The monoisotopic (exact) mass is 227 g/mol. The predicted molar refractivity (Wildman–Crippen MR) is 59.2 cm³/mol. The summed E-state index contributed by atoms with van der Waals surface area (Å²) in [7, 11) is 1.75. The van der Waals surface area contributed by atoms with E-state index < -0.39 is 0 Å². The fraction of sp³-hybridized carbons (Fsp3) is 1.00. The number of fused-ring (bicyclic) bond motifs is 3. The van der Waals surface area contributed by atoms with E-state index in [2.05, 4.69) is 11.8 Å². The zero-order valence-electron chi connectivity index (χ0n) is 10.1. The van der Waals surface area contributed by atoms with E-state index in [0.717, 1.165) is 26.2 Å². The molecule has 92 valence electrons. The van der Waals surface area contributed by atoms with Crippen LogP contribution < -0.4 is 0 Å². The molecule has 3 saturated heterocycles. The fourth-order valence-electron chi connectivity index (χ4n) is 3.66. The molecule has 3 fully saturated rings. The van der Waals surface area contributed by atoms with Crippen molar-refractivity contribution in [2.45, 2.75) is 44.2 Å². The smallest absolute Gasteiger partial charge is 0.172 e. The standard InChI is InChI=1S/C12H21NO3/c1-8-9-7-11-12(14-2)16-6-4-13(11)10(9)3-5-15-8/h8-12H,3-7H2,1-2H3. The van der Waals surface area contributed by atoms with Crippen LogP contribution in [0, 0.1) is 5.92 Å². The van der Waals surface area contributed by atoms with Gasteiger partial charge in [0.1, 0.15) is 0 Å². The molecular weight excluding hydrogens is 206 g/mol. The van der Waals surface area contributed by atoms with Gasteiger partial charge in [-0.05, 0) is 19.8 Å². The number of rotatable bonds is 1. The van der Waals surface area contributed by atoms with Crippen LogP contribution in [0.2, 0.25) is 0 Å². The van der Waals surface area contributed by atoms with E-state index in [1.165, 1.54) is 6.42 Å². The van der Waals surface area contributed by atoms with Crippen molar-refractivity contribution >= 4 is 0 Å². The van der Waals surface area contributed by atoms with Crippen LogP contribution in [0.25, 0.3) is 0 Å². The van der Waals surface area contributed by atoms with E-state index >= 15 is 0 Å². The molecule has 0 aliphatic carbocycles. The van der Waals surface area contributed by atoms with E-state index in [9.17, 15) is 0 Å². The molecule has 5 unspecified atom stereocenters. The zero-order chi connectivity index (χ0) is 11.1. The van der Waals surface area contributed by atoms with Gasteiger partial charge in [-0.1, -0.05) is 0 Å². The van der Waals surface area contributed by atoms with Crippen LogP contribution >= 0.6 is 0 Å². The van der Waals surface area contributed by atoms with E-state index in [1.54, 1.807) is 7.11 Å². The van der Waals surface area contributed by atoms with Gasteiger partial charge in [0.2, 0.25) is 0 Å². The summed E-state index contributed by atoms with van der Waals surface area (Å²) in [4.78, 5) is 2.60. The summed E-state index contributed by atoms with van der Waals surface area (Å²) in [5, 5.41) is 0. The molecule has 0 radical (unpaired) electrons. The third-order valence-electron chi connectivity index (χ3n) is 4.44. The first-order valence-corrected chi connectivity index (χ1v) is 6.33. The van der Waals surface area contributed by atoms with Gasteiger partial charge in [-0.2, -0.15) is 0 Å².